The predicted octanol–water partition coefficient (Wildman–Crippen LogP) is 3.16. The van der Waals surface area contributed by atoms with Gasteiger partial charge in [0.1, 0.15) is 5.58 Å². The molecule has 0 saturated carbocycles. The standard InChI is InChI=1S/C19H23NO5/c1-5-20(10-13(2)3)17(21)12-24-19(22)18-15(11-23-4)14-8-6-7-9-16(14)25-18/h6-9H,2,5,10-12H2,1,3-4H3. The van der Waals surface area contributed by atoms with E-state index in [0.29, 0.717) is 24.2 Å². The van der Waals surface area contributed by atoms with Crippen LogP contribution >= 0.6 is 0 Å². The molecule has 0 bridgehead atoms. The fraction of sp³-hybridized carbons (Fsp3) is 0.368. The van der Waals surface area contributed by atoms with E-state index in [-0.39, 0.29) is 24.9 Å². The number of nitrogens with zero attached hydrogens (tertiary/aromatic N) is 1. The number of amides is 1. The second kappa shape index (κ2) is 8.48. The molecule has 0 aliphatic rings. The van der Waals surface area contributed by atoms with Crippen molar-refractivity contribution in [2.45, 2.75) is 20.5 Å². The first-order valence-electron chi connectivity index (χ1n) is 8.06. The van der Waals surface area contributed by atoms with Crippen molar-refractivity contribution in [1.29, 1.82) is 0 Å². The summed E-state index contributed by atoms with van der Waals surface area (Å²) in [5, 5.41) is 0.792. The zero-order valence-corrected chi connectivity index (χ0v) is 14.8. The van der Waals surface area contributed by atoms with Gasteiger partial charge in [-0.1, -0.05) is 30.4 Å². The van der Waals surface area contributed by atoms with Gasteiger partial charge in [-0.3, -0.25) is 4.79 Å². The van der Waals surface area contributed by atoms with Crippen molar-refractivity contribution in [1.82, 2.24) is 4.90 Å². The number of furan rings is 1. The first-order valence-corrected chi connectivity index (χ1v) is 8.06. The number of ether oxygens (including phenoxy) is 2. The molecular weight excluding hydrogens is 322 g/mol. The fourth-order valence-electron chi connectivity index (χ4n) is 2.54. The van der Waals surface area contributed by atoms with Crippen molar-refractivity contribution in [2.24, 2.45) is 0 Å². The van der Waals surface area contributed by atoms with E-state index in [4.69, 9.17) is 13.9 Å². The molecule has 0 aliphatic carbocycles. The fourth-order valence-corrected chi connectivity index (χ4v) is 2.54. The Morgan fingerprint density at radius 2 is 2.00 bits per heavy atom. The molecule has 0 atom stereocenters. The second-order valence-corrected chi connectivity index (χ2v) is 5.78. The Hall–Kier alpha value is -2.60. The minimum Gasteiger partial charge on any atom is -0.450 e. The Balaban J connectivity index is 2.13. The number of esters is 1. The number of hydrogen-bond acceptors (Lipinski definition) is 5. The minimum absolute atomic E-state index is 0.0683. The molecule has 6 heteroatoms. The molecule has 2 aromatic rings. The first kappa shape index (κ1) is 18.7. The van der Waals surface area contributed by atoms with Crippen LogP contribution in [0, 0.1) is 0 Å². The molecule has 1 aromatic heterocycles. The highest BCUT2D eigenvalue weighted by molar-refractivity contribution is 5.96. The van der Waals surface area contributed by atoms with Gasteiger partial charge >= 0.3 is 5.97 Å². The van der Waals surface area contributed by atoms with Crippen LogP contribution in [-0.2, 0) is 20.9 Å². The van der Waals surface area contributed by atoms with Crippen LogP contribution in [0.25, 0.3) is 11.0 Å². The maximum absolute atomic E-state index is 12.4. The lowest BCUT2D eigenvalue weighted by molar-refractivity contribution is -0.134. The van der Waals surface area contributed by atoms with Crippen LogP contribution < -0.4 is 0 Å². The number of rotatable bonds is 8. The van der Waals surface area contributed by atoms with E-state index in [1.165, 1.54) is 7.11 Å². The molecule has 0 radical (unpaired) electrons. The third-order valence-corrected chi connectivity index (χ3v) is 3.69. The third kappa shape index (κ3) is 4.48. The maximum Gasteiger partial charge on any atom is 0.375 e. The van der Waals surface area contributed by atoms with E-state index in [2.05, 4.69) is 6.58 Å². The lowest BCUT2D eigenvalue weighted by Gasteiger charge is -2.20. The average molecular weight is 345 g/mol. The molecule has 0 fully saturated rings. The highest BCUT2D eigenvalue weighted by atomic mass is 16.5. The topological polar surface area (TPSA) is 69.0 Å². The molecule has 25 heavy (non-hydrogen) atoms. The van der Waals surface area contributed by atoms with Crippen molar-refractivity contribution >= 4 is 22.8 Å². The second-order valence-electron chi connectivity index (χ2n) is 5.78. The van der Waals surface area contributed by atoms with Crippen LogP contribution in [-0.4, -0.2) is 43.6 Å². The molecule has 0 saturated heterocycles. The summed E-state index contributed by atoms with van der Waals surface area (Å²) in [7, 11) is 1.54. The summed E-state index contributed by atoms with van der Waals surface area (Å²) in [6.07, 6.45) is 0. The molecule has 1 aromatic carbocycles. The monoisotopic (exact) mass is 345 g/mol. The summed E-state index contributed by atoms with van der Waals surface area (Å²) in [6, 6.07) is 7.28. The number of likely N-dealkylation sites (N-methyl/N-ethyl adjacent to an activating group) is 1. The van der Waals surface area contributed by atoms with Crippen molar-refractivity contribution in [3.8, 4) is 0 Å². The summed E-state index contributed by atoms with van der Waals surface area (Å²) < 4.78 is 15.9. The Bertz CT molecular complexity index is 777. The van der Waals surface area contributed by atoms with Gasteiger partial charge in [0.15, 0.2) is 6.61 Å². The SMILES string of the molecule is C=C(C)CN(CC)C(=O)COC(=O)c1oc2ccccc2c1COC. The zero-order chi connectivity index (χ0) is 18.4. The number of para-hydroxylation sites is 1. The normalized spacial score (nSPS) is 10.7. The highest BCUT2D eigenvalue weighted by Crippen LogP contribution is 2.27. The molecule has 0 spiro atoms. The zero-order valence-electron chi connectivity index (χ0n) is 14.8. The molecule has 0 aliphatic heterocycles. The lowest BCUT2D eigenvalue weighted by atomic mass is 10.1. The van der Waals surface area contributed by atoms with E-state index in [1.807, 2.05) is 32.0 Å². The smallest absolute Gasteiger partial charge is 0.375 e. The number of methoxy groups -OCH3 is 1. The minimum atomic E-state index is -0.678. The van der Waals surface area contributed by atoms with Gasteiger partial charge in [0, 0.05) is 31.1 Å². The summed E-state index contributed by atoms with van der Waals surface area (Å²) >= 11 is 0. The van der Waals surface area contributed by atoms with Crippen LogP contribution in [0.4, 0.5) is 0 Å². The van der Waals surface area contributed by atoms with Crippen molar-refractivity contribution in [3.05, 3.63) is 47.7 Å². The van der Waals surface area contributed by atoms with Gasteiger partial charge in [0.05, 0.1) is 6.61 Å². The van der Waals surface area contributed by atoms with Crippen molar-refractivity contribution in [3.63, 3.8) is 0 Å². The summed E-state index contributed by atoms with van der Waals surface area (Å²) in [6.45, 7) is 8.32. The summed E-state index contributed by atoms with van der Waals surface area (Å²) in [5.41, 5.74) is 2.05. The molecule has 1 heterocycles. The van der Waals surface area contributed by atoms with Gasteiger partial charge in [-0.15, -0.1) is 0 Å². The van der Waals surface area contributed by atoms with E-state index < -0.39 is 5.97 Å². The molecular formula is C19H23NO5. The quantitative estimate of drug-likeness (QED) is 0.543. The average Bonchev–Trinajstić information content (AvgIpc) is 2.96. The lowest BCUT2D eigenvalue weighted by Crippen LogP contribution is -2.35. The number of carbonyl (C=O) groups is 2. The van der Waals surface area contributed by atoms with Gasteiger partial charge in [0.25, 0.3) is 5.91 Å². The van der Waals surface area contributed by atoms with Gasteiger partial charge in [-0.25, -0.2) is 4.79 Å². The third-order valence-electron chi connectivity index (χ3n) is 3.69. The van der Waals surface area contributed by atoms with Crippen LogP contribution in [0.3, 0.4) is 0 Å². The van der Waals surface area contributed by atoms with Crippen LogP contribution in [0.1, 0.15) is 30.0 Å². The molecule has 134 valence electrons. The molecule has 1 amide bonds. The molecule has 0 N–H and O–H groups in total. The van der Waals surface area contributed by atoms with E-state index in [9.17, 15) is 9.59 Å². The number of fused-ring (bicyclic) bond motifs is 1. The maximum atomic E-state index is 12.4. The van der Waals surface area contributed by atoms with Crippen molar-refractivity contribution < 1.29 is 23.5 Å². The van der Waals surface area contributed by atoms with E-state index >= 15 is 0 Å². The first-order chi connectivity index (χ1) is 12.0. The van der Waals surface area contributed by atoms with Crippen LogP contribution in [0.5, 0.6) is 0 Å². The van der Waals surface area contributed by atoms with E-state index in [0.717, 1.165) is 11.0 Å². The van der Waals surface area contributed by atoms with Gasteiger partial charge in [-0.2, -0.15) is 0 Å². The van der Waals surface area contributed by atoms with Crippen LogP contribution in [0.2, 0.25) is 0 Å². The Morgan fingerprint density at radius 3 is 2.64 bits per heavy atom. The highest BCUT2D eigenvalue weighted by Gasteiger charge is 2.23. The molecule has 2 rings (SSSR count). The van der Waals surface area contributed by atoms with Gasteiger partial charge in [-0.05, 0) is 19.9 Å². The Labute approximate surface area is 147 Å². The molecule has 6 nitrogen and oxygen atoms in total. The predicted molar refractivity (Wildman–Crippen MR) is 94.3 cm³/mol. The summed E-state index contributed by atoms with van der Waals surface area (Å²) in [5.74, 6) is -0.884. The van der Waals surface area contributed by atoms with Gasteiger partial charge in [0.2, 0.25) is 5.76 Å². The molecule has 0 unspecified atom stereocenters. The van der Waals surface area contributed by atoms with Crippen molar-refractivity contribution in [2.75, 3.05) is 26.8 Å². The number of hydrogen-bond donors (Lipinski definition) is 0. The van der Waals surface area contributed by atoms with Crippen LogP contribution in [0.15, 0.2) is 40.8 Å². The summed E-state index contributed by atoms with van der Waals surface area (Å²) in [4.78, 5) is 26.1. The van der Waals surface area contributed by atoms with E-state index in [1.54, 1.807) is 11.0 Å². The number of carbonyl (C=O) groups excluding carboxylic acids is 2. The Morgan fingerprint density at radius 1 is 1.28 bits per heavy atom. The Kier molecular flexibility index (Phi) is 6.36. The van der Waals surface area contributed by atoms with Gasteiger partial charge < -0.3 is 18.8 Å². The largest absolute Gasteiger partial charge is 0.450 e. The number of benzene rings is 1.